The Morgan fingerprint density at radius 1 is 0.897 bits per heavy atom. The molecule has 208 valence electrons. The van der Waals surface area contributed by atoms with Crippen LogP contribution in [0.3, 0.4) is 0 Å². The monoisotopic (exact) mass is 529 g/mol. The van der Waals surface area contributed by atoms with Crippen molar-refractivity contribution in [2.45, 2.75) is 52.0 Å². The summed E-state index contributed by atoms with van der Waals surface area (Å²) in [6.45, 7) is 9.17. The van der Waals surface area contributed by atoms with Gasteiger partial charge in [0.2, 0.25) is 5.91 Å². The van der Waals surface area contributed by atoms with Crippen molar-refractivity contribution in [2.75, 3.05) is 44.3 Å². The zero-order chi connectivity index (χ0) is 27.5. The van der Waals surface area contributed by atoms with Gasteiger partial charge in [0, 0.05) is 44.3 Å². The second-order valence-corrected chi connectivity index (χ2v) is 10.7. The molecule has 5 rings (SSSR count). The summed E-state index contributed by atoms with van der Waals surface area (Å²) in [5.41, 5.74) is 5.52. The number of likely N-dealkylation sites (tertiary alicyclic amines) is 1. The van der Waals surface area contributed by atoms with Crippen molar-refractivity contribution < 1.29 is 9.18 Å². The lowest BCUT2D eigenvalue weighted by Gasteiger charge is -2.50. The van der Waals surface area contributed by atoms with Gasteiger partial charge in [0.25, 0.3) is 0 Å². The van der Waals surface area contributed by atoms with E-state index in [1.54, 1.807) is 0 Å². The standard InChI is InChI=1S/C32H39N3O.C2H5F/c1-2-34(25-27-13-7-4-8-14-27)30-16-10-9-15-28(30)29-24-33-20-17-32(29)18-21-35(22-19-32)31(36)23-26-11-5-3-6-12-26;1-2-3/h3-16,29,33H,2,17-25H2,1H3;2H2,1H3. The highest BCUT2D eigenvalue weighted by Gasteiger charge is 2.45. The summed E-state index contributed by atoms with van der Waals surface area (Å²) in [6.07, 6.45) is 3.85. The summed E-state index contributed by atoms with van der Waals surface area (Å²) in [4.78, 5) is 17.7. The summed E-state index contributed by atoms with van der Waals surface area (Å²) < 4.78 is 10.3. The summed E-state index contributed by atoms with van der Waals surface area (Å²) in [5, 5.41) is 3.71. The van der Waals surface area contributed by atoms with Gasteiger partial charge in [0.05, 0.1) is 13.1 Å². The molecular formula is C34H44FN3O. The minimum atomic E-state index is -0.250. The van der Waals surface area contributed by atoms with E-state index in [4.69, 9.17) is 0 Å². The fourth-order valence-corrected chi connectivity index (χ4v) is 6.34. The van der Waals surface area contributed by atoms with E-state index in [2.05, 4.69) is 88.8 Å². The first-order valence-electron chi connectivity index (χ1n) is 14.6. The number of benzene rings is 3. The summed E-state index contributed by atoms with van der Waals surface area (Å²) in [6, 6.07) is 30.0. The van der Waals surface area contributed by atoms with E-state index in [0.29, 0.717) is 12.3 Å². The quantitative estimate of drug-likeness (QED) is 0.374. The van der Waals surface area contributed by atoms with Crippen LogP contribution in [0.4, 0.5) is 10.1 Å². The van der Waals surface area contributed by atoms with Crippen LogP contribution in [0.25, 0.3) is 0 Å². The molecule has 2 aliphatic rings. The van der Waals surface area contributed by atoms with Gasteiger partial charge in [0.1, 0.15) is 0 Å². The highest BCUT2D eigenvalue weighted by atomic mass is 19.1. The second-order valence-electron chi connectivity index (χ2n) is 10.7. The largest absolute Gasteiger partial charge is 0.367 e. The van der Waals surface area contributed by atoms with Gasteiger partial charge in [-0.2, -0.15) is 0 Å². The van der Waals surface area contributed by atoms with E-state index in [-0.39, 0.29) is 18.0 Å². The number of hydrogen-bond acceptors (Lipinski definition) is 3. The lowest BCUT2D eigenvalue weighted by molar-refractivity contribution is -0.133. The maximum Gasteiger partial charge on any atom is 0.226 e. The van der Waals surface area contributed by atoms with E-state index >= 15 is 0 Å². The number of anilines is 1. The van der Waals surface area contributed by atoms with Crippen LogP contribution in [0.1, 0.15) is 55.7 Å². The molecule has 0 aromatic heterocycles. The van der Waals surface area contributed by atoms with Crippen molar-refractivity contribution in [3.05, 3.63) is 102 Å². The fraction of sp³-hybridized carbons (Fsp3) is 0.441. The second kappa shape index (κ2) is 14.3. The fourth-order valence-electron chi connectivity index (χ4n) is 6.34. The number of piperidine rings is 2. The molecule has 39 heavy (non-hydrogen) atoms. The van der Waals surface area contributed by atoms with Crippen LogP contribution in [0, 0.1) is 5.41 Å². The van der Waals surface area contributed by atoms with Gasteiger partial charge in [-0.15, -0.1) is 0 Å². The van der Waals surface area contributed by atoms with Crippen LogP contribution in [0.5, 0.6) is 0 Å². The first-order chi connectivity index (χ1) is 19.1. The summed E-state index contributed by atoms with van der Waals surface area (Å²) in [5.74, 6) is 0.723. The minimum Gasteiger partial charge on any atom is -0.367 e. The molecule has 0 saturated carbocycles. The normalized spacial score (nSPS) is 18.2. The van der Waals surface area contributed by atoms with E-state index in [9.17, 15) is 9.18 Å². The topological polar surface area (TPSA) is 35.6 Å². The Hall–Kier alpha value is -3.18. The lowest BCUT2D eigenvalue weighted by Crippen LogP contribution is -2.51. The predicted octanol–water partition coefficient (Wildman–Crippen LogP) is 6.62. The van der Waals surface area contributed by atoms with Gasteiger partial charge in [-0.3, -0.25) is 9.18 Å². The van der Waals surface area contributed by atoms with Crippen molar-refractivity contribution in [2.24, 2.45) is 5.41 Å². The van der Waals surface area contributed by atoms with Crippen LogP contribution in [0.2, 0.25) is 0 Å². The van der Waals surface area contributed by atoms with Gasteiger partial charge in [-0.05, 0) is 67.8 Å². The third kappa shape index (κ3) is 7.27. The molecule has 1 atom stereocenters. The summed E-state index contributed by atoms with van der Waals surface area (Å²) in [7, 11) is 0. The van der Waals surface area contributed by atoms with Crippen molar-refractivity contribution in [3.8, 4) is 0 Å². The Kier molecular flexibility index (Phi) is 10.5. The molecule has 2 saturated heterocycles. The maximum atomic E-state index is 13.1. The van der Waals surface area contributed by atoms with E-state index in [1.165, 1.54) is 30.2 Å². The van der Waals surface area contributed by atoms with Crippen LogP contribution in [-0.4, -0.2) is 50.2 Å². The molecule has 4 nitrogen and oxygen atoms in total. The zero-order valence-electron chi connectivity index (χ0n) is 23.6. The number of nitrogens with one attached hydrogen (secondary N) is 1. The molecule has 1 unspecified atom stereocenters. The van der Waals surface area contributed by atoms with Crippen molar-refractivity contribution in [1.29, 1.82) is 0 Å². The Bertz CT molecular complexity index is 1150. The van der Waals surface area contributed by atoms with E-state index in [0.717, 1.165) is 57.7 Å². The van der Waals surface area contributed by atoms with Crippen LogP contribution < -0.4 is 10.2 Å². The molecule has 1 spiro atoms. The van der Waals surface area contributed by atoms with Gasteiger partial charge >= 0.3 is 0 Å². The van der Waals surface area contributed by atoms with Gasteiger partial charge in [-0.1, -0.05) is 78.9 Å². The van der Waals surface area contributed by atoms with Crippen molar-refractivity contribution in [3.63, 3.8) is 0 Å². The first kappa shape index (κ1) is 28.8. The number of para-hydroxylation sites is 1. The molecule has 1 amide bonds. The number of carbonyl (C=O) groups excluding carboxylic acids is 1. The summed E-state index contributed by atoms with van der Waals surface area (Å²) >= 11 is 0. The lowest BCUT2D eigenvalue weighted by atomic mass is 9.62. The van der Waals surface area contributed by atoms with Gasteiger partial charge in [0.15, 0.2) is 0 Å². The van der Waals surface area contributed by atoms with E-state index < -0.39 is 0 Å². The average molecular weight is 530 g/mol. The third-order valence-corrected chi connectivity index (χ3v) is 8.45. The van der Waals surface area contributed by atoms with Gasteiger partial charge in [-0.25, -0.2) is 0 Å². The zero-order valence-corrected chi connectivity index (χ0v) is 23.6. The van der Waals surface area contributed by atoms with Gasteiger partial charge < -0.3 is 15.1 Å². The number of amides is 1. The van der Waals surface area contributed by atoms with Crippen LogP contribution in [0.15, 0.2) is 84.9 Å². The maximum absolute atomic E-state index is 13.1. The highest BCUT2D eigenvalue weighted by molar-refractivity contribution is 5.78. The minimum absolute atomic E-state index is 0.247. The van der Waals surface area contributed by atoms with Crippen molar-refractivity contribution >= 4 is 11.6 Å². The molecule has 3 aromatic rings. The Labute approximate surface area is 234 Å². The molecule has 5 heteroatoms. The number of nitrogens with zero attached hydrogens (tertiary/aromatic N) is 2. The number of halogens is 1. The Morgan fingerprint density at radius 3 is 2.13 bits per heavy atom. The first-order valence-corrected chi connectivity index (χ1v) is 14.6. The molecule has 0 radical (unpaired) electrons. The number of alkyl halides is 1. The smallest absolute Gasteiger partial charge is 0.226 e. The van der Waals surface area contributed by atoms with E-state index in [1.807, 2.05) is 18.2 Å². The predicted molar refractivity (Wildman–Crippen MR) is 160 cm³/mol. The molecule has 2 aliphatic heterocycles. The van der Waals surface area contributed by atoms with Crippen LogP contribution >= 0.6 is 0 Å². The van der Waals surface area contributed by atoms with Crippen LogP contribution in [-0.2, 0) is 17.8 Å². The average Bonchev–Trinajstić information content (AvgIpc) is 2.98. The Balaban J connectivity index is 0.00000112. The molecule has 1 N–H and O–H groups in total. The molecule has 2 heterocycles. The third-order valence-electron chi connectivity index (χ3n) is 8.45. The molecule has 0 aliphatic carbocycles. The molecule has 0 bridgehead atoms. The molecule has 3 aromatic carbocycles. The number of hydrogen-bond donors (Lipinski definition) is 1. The molecule has 2 fully saturated rings. The van der Waals surface area contributed by atoms with Crippen molar-refractivity contribution in [1.82, 2.24) is 10.2 Å². The highest BCUT2D eigenvalue weighted by Crippen LogP contribution is 2.50. The SMILES string of the molecule is CCF.CCN(Cc1ccccc1)c1ccccc1C1CNCCC12CCN(C(=O)Cc1ccccc1)CC2. The molecular weight excluding hydrogens is 485 g/mol. The number of carbonyl (C=O) groups is 1. The Morgan fingerprint density at radius 2 is 1.49 bits per heavy atom. The number of rotatable bonds is 7.